The van der Waals surface area contributed by atoms with Crippen LogP contribution in [0.1, 0.15) is 16.1 Å². The van der Waals surface area contributed by atoms with E-state index in [-0.39, 0.29) is 12.3 Å². The molecule has 1 rings (SSSR count). The minimum atomic E-state index is -1.06. The highest BCUT2D eigenvalue weighted by Gasteiger charge is 2.23. The van der Waals surface area contributed by atoms with Gasteiger partial charge in [-0.2, -0.15) is 0 Å². The lowest BCUT2D eigenvalue weighted by atomic mass is 10.2. The van der Waals surface area contributed by atoms with Crippen LogP contribution in [0.25, 0.3) is 0 Å². The van der Waals surface area contributed by atoms with Crippen molar-refractivity contribution < 1.29 is 19.2 Å². The Labute approximate surface area is 105 Å². The number of aryl methyl sites for hydroxylation is 1. The number of amides is 1. The predicted octanol–water partition coefficient (Wildman–Crippen LogP) is 0.0714. The molecule has 1 amide bonds. The molecule has 7 heteroatoms. The fourth-order valence-electron chi connectivity index (χ4n) is 1.38. The lowest BCUT2D eigenvalue weighted by Crippen LogP contribution is -2.40. The van der Waals surface area contributed by atoms with Gasteiger partial charge in [-0.1, -0.05) is 5.16 Å². The number of hydrogen-bond acceptors (Lipinski definition) is 5. The van der Waals surface area contributed by atoms with E-state index >= 15 is 0 Å². The number of rotatable bonds is 6. The predicted molar refractivity (Wildman–Crippen MR) is 63.3 cm³/mol. The van der Waals surface area contributed by atoms with Crippen LogP contribution in [0.5, 0.6) is 0 Å². The van der Waals surface area contributed by atoms with Crippen LogP contribution in [-0.2, 0) is 4.79 Å². The number of likely N-dealkylation sites (N-methyl/N-ethyl adjacent to an activating group) is 1. The number of carbonyl (C=O) groups excluding carboxylic acids is 1. The van der Waals surface area contributed by atoms with Gasteiger partial charge in [0.05, 0.1) is 6.20 Å². The molecule has 100 valence electrons. The zero-order valence-electron chi connectivity index (χ0n) is 10.7. The van der Waals surface area contributed by atoms with E-state index in [0.717, 1.165) is 0 Å². The summed E-state index contributed by atoms with van der Waals surface area (Å²) in [4.78, 5) is 25.9. The minimum absolute atomic E-state index is 0.0926. The van der Waals surface area contributed by atoms with Crippen LogP contribution in [0.4, 0.5) is 0 Å². The molecule has 1 N–H and O–H groups in total. The van der Waals surface area contributed by atoms with Crippen molar-refractivity contribution in [3.63, 3.8) is 0 Å². The second-order valence-electron chi connectivity index (χ2n) is 4.26. The van der Waals surface area contributed by atoms with Crippen molar-refractivity contribution in [2.45, 2.75) is 6.92 Å². The SMILES string of the molecule is Cc1cnoc1C(=O)N(CCN(C)C)CC(=O)O. The molecule has 0 radical (unpaired) electrons. The Bertz CT molecular complexity index is 428. The second kappa shape index (κ2) is 6.15. The molecule has 18 heavy (non-hydrogen) atoms. The van der Waals surface area contributed by atoms with Crippen molar-refractivity contribution in [3.05, 3.63) is 17.5 Å². The number of aliphatic carboxylic acids is 1. The van der Waals surface area contributed by atoms with Gasteiger partial charge >= 0.3 is 5.97 Å². The number of carbonyl (C=O) groups is 2. The second-order valence-corrected chi connectivity index (χ2v) is 4.26. The summed E-state index contributed by atoms with van der Waals surface area (Å²) in [5.41, 5.74) is 0.597. The molecule has 0 unspecified atom stereocenters. The molecule has 0 aliphatic carbocycles. The van der Waals surface area contributed by atoms with Crippen molar-refractivity contribution in [2.24, 2.45) is 0 Å². The van der Waals surface area contributed by atoms with Crippen LogP contribution in [0.15, 0.2) is 10.7 Å². The van der Waals surface area contributed by atoms with Gasteiger partial charge in [0.25, 0.3) is 5.91 Å². The van der Waals surface area contributed by atoms with Gasteiger partial charge in [-0.3, -0.25) is 9.59 Å². The summed E-state index contributed by atoms with van der Waals surface area (Å²) in [6.45, 7) is 2.23. The fourth-order valence-corrected chi connectivity index (χ4v) is 1.38. The molecule has 1 aromatic rings. The van der Waals surface area contributed by atoms with E-state index in [4.69, 9.17) is 9.63 Å². The molecule has 7 nitrogen and oxygen atoms in total. The highest BCUT2D eigenvalue weighted by atomic mass is 16.5. The molecular weight excluding hydrogens is 238 g/mol. The first kappa shape index (κ1) is 14.2. The van der Waals surface area contributed by atoms with Crippen molar-refractivity contribution in [3.8, 4) is 0 Å². The third kappa shape index (κ3) is 3.85. The summed E-state index contributed by atoms with van der Waals surface area (Å²) < 4.78 is 4.85. The van der Waals surface area contributed by atoms with Crippen LogP contribution < -0.4 is 0 Å². The van der Waals surface area contributed by atoms with Crippen LogP contribution in [0.2, 0.25) is 0 Å². The molecule has 0 aliphatic heterocycles. The van der Waals surface area contributed by atoms with Crippen LogP contribution in [0, 0.1) is 6.92 Å². The van der Waals surface area contributed by atoms with Crippen molar-refractivity contribution in [2.75, 3.05) is 33.7 Å². The third-order valence-corrected chi connectivity index (χ3v) is 2.37. The molecule has 1 aromatic heterocycles. The van der Waals surface area contributed by atoms with Gasteiger partial charge in [0.2, 0.25) is 5.76 Å². The largest absolute Gasteiger partial charge is 0.480 e. The van der Waals surface area contributed by atoms with Gasteiger partial charge < -0.3 is 19.4 Å². The van der Waals surface area contributed by atoms with Gasteiger partial charge in [0.1, 0.15) is 6.54 Å². The van der Waals surface area contributed by atoms with Gasteiger partial charge in [-0.05, 0) is 21.0 Å². The molecule has 0 aromatic carbocycles. The van der Waals surface area contributed by atoms with Crippen LogP contribution >= 0.6 is 0 Å². The van der Waals surface area contributed by atoms with Crippen molar-refractivity contribution in [1.82, 2.24) is 15.0 Å². The van der Waals surface area contributed by atoms with E-state index in [1.165, 1.54) is 11.1 Å². The van der Waals surface area contributed by atoms with E-state index in [0.29, 0.717) is 18.7 Å². The number of nitrogens with zero attached hydrogens (tertiary/aromatic N) is 3. The van der Waals surface area contributed by atoms with Crippen molar-refractivity contribution in [1.29, 1.82) is 0 Å². The maximum atomic E-state index is 12.1. The van der Waals surface area contributed by atoms with Gasteiger partial charge in [0, 0.05) is 18.7 Å². The molecule has 0 saturated heterocycles. The summed E-state index contributed by atoms with van der Waals surface area (Å²) in [6, 6.07) is 0. The number of carboxylic acid groups (broad SMARTS) is 1. The summed E-state index contributed by atoms with van der Waals surface area (Å²) in [5, 5.41) is 12.3. The van der Waals surface area contributed by atoms with Crippen molar-refractivity contribution >= 4 is 11.9 Å². The first-order chi connectivity index (χ1) is 8.41. The minimum Gasteiger partial charge on any atom is -0.480 e. The first-order valence-corrected chi connectivity index (χ1v) is 5.49. The molecule has 0 fully saturated rings. The Hall–Kier alpha value is -1.89. The average Bonchev–Trinajstić information content (AvgIpc) is 2.69. The molecule has 1 heterocycles. The molecule has 0 aliphatic rings. The van der Waals surface area contributed by atoms with Crippen LogP contribution in [-0.4, -0.2) is 65.7 Å². The lowest BCUT2D eigenvalue weighted by molar-refractivity contribution is -0.137. The standard InChI is InChI=1S/C11H17N3O4/c1-8-6-12-18-10(8)11(17)14(7-9(15)16)5-4-13(2)3/h6H,4-5,7H2,1-3H3,(H,15,16). The zero-order chi connectivity index (χ0) is 13.7. The third-order valence-electron chi connectivity index (χ3n) is 2.37. The molecule has 0 saturated carbocycles. The zero-order valence-corrected chi connectivity index (χ0v) is 10.7. The van der Waals surface area contributed by atoms with E-state index < -0.39 is 11.9 Å². The highest BCUT2D eigenvalue weighted by Crippen LogP contribution is 2.09. The van der Waals surface area contributed by atoms with E-state index in [2.05, 4.69) is 5.16 Å². The summed E-state index contributed by atoms with van der Waals surface area (Å²) in [7, 11) is 3.70. The Kier molecular flexibility index (Phi) is 4.85. The monoisotopic (exact) mass is 255 g/mol. The fraction of sp³-hybridized carbons (Fsp3) is 0.545. The Morgan fingerprint density at radius 3 is 2.50 bits per heavy atom. The molecule has 0 atom stereocenters. The van der Waals surface area contributed by atoms with E-state index in [1.54, 1.807) is 6.92 Å². The first-order valence-electron chi connectivity index (χ1n) is 5.49. The van der Waals surface area contributed by atoms with E-state index in [1.807, 2.05) is 19.0 Å². The normalized spacial score (nSPS) is 10.7. The number of hydrogen-bond donors (Lipinski definition) is 1. The highest BCUT2D eigenvalue weighted by molar-refractivity contribution is 5.94. The van der Waals surface area contributed by atoms with E-state index in [9.17, 15) is 9.59 Å². The summed E-state index contributed by atoms with van der Waals surface area (Å²) >= 11 is 0. The van der Waals surface area contributed by atoms with Gasteiger partial charge in [-0.25, -0.2) is 0 Å². The smallest absolute Gasteiger partial charge is 0.323 e. The van der Waals surface area contributed by atoms with Crippen LogP contribution in [0.3, 0.4) is 0 Å². The lowest BCUT2D eigenvalue weighted by Gasteiger charge is -2.21. The Morgan fingerprint density at radius 2 is 2.06 bits per heavy atom. The Morgan fingerprint density at radius 1 is 1.39 bits per heavy atom. The summed E-state index contributed by atoms with van der Waals surface area (Å²) in [5.74, 6) is -1.41. The maximum absolute atomic E-state index is 12.1. The Balaban J connectivity index is 2.79. The van der Waals surface area contributed by atoms with Gasteiger partial charge in [-0.15, -0.1) is 0 Å². The molecular formula is C11H17N3O4. The van der Waals surface area contributed by atoms with Gasteiger partial charge in [0.15, 0.2) is 0 Å². The number of carboxylic acids is 1. The molecule has 0 spiro atoms. The maximum Gasteiger partial charge on any atom is 0.323 e. The summed E-state index contributed by atoms with van der Waals surface area (Å²) in [6.07, 6.45) is 1.43. The quantitative estimate of drug-likeness (QED) is 0.774. The number of aromatic nitrogens is 1. The topological polar surface area (TPSA) is 86.9 Å². The average molecular weight is 255 g/mol. The molecule has 0 bridgehead atoms.